The van der Waals surface area contributed by atoms with Gasteiger partial charge in [-0.25, -0.2) is 8.42 Å². The van der Waals surface area contributed by atoms with Gasteiger partial charge in [0.1, 0.15) is 4.90 Å². The first-order valence-electron chi connectivity index (χ1n) is 5.94. The fourth-order valence-corrected chi connectivity index (χ4v) is 5.43. The highest BCUT2D eigenvalue weighted by Crippen LogP contribution is 2.32. The summed E-state index contributed by atoms with van der Waals surface area (Å²) in [5.74, 6) is 0. The second-order valence-corrected chi connectivity index (χ2v) is 8.46. The number of anilines is 1. The quantitative estimate of drug-likeness (QED) is 0.843. The van der Waals surface area contributed by atoms with Crippen molar-refractivity contribution < 1.29 is 8.42 Å². The van der Waals surface area contributed by atoms with Crippen molar-refractivity contribution in [1.29, 1.82) is 0 Å². The van der Waals surface area contributed by atoms with Crippen molar-refractivity contribution in [1.82, 2.24) is 5.32 Å². The van der Waals surface area contributed by atoms with E-state index in [-0.39, 0.29) is 4.90 Å². The predicted octanol–water partition coefficient (Wildman–Crippen LogP) is 3.34. The van der Waals surface area contributed by atoms with Gasteiger partial charge in [0, 0.05) is 17.1 Å². The maximum Gasteiger partial charge on any atom is 0.263 e. The van der Waals surface area contributed by atoms with Gasteiger partial charge in [0.25, 0.3) is 10.0 Å². The van der Waals surface area contributed by atoms with Crippen LogP contribution in [0.5, 0.6) is 0 Å². The number of hydrogen-bond acceptors (Lipinski definition) is 4. The summed E-state index contributed by atoms with van der Waals surface area (Å²) in [6, 6.07) is 8.92. The highest BCUT2D eigenvalue weighted by molar-refractivity contribution is 9.11. The van der Waals surface area contributed by atoms with Crippen LogP contribution in [0.25, 0.3) is 0 Å². The molecule has 0 bridgehead atoms. The Balaban J connectivity index is 2.28. The van der Waals surface area contributed by atoms with E-state index >= 15 is 0 Å². The molecule has 0 fully saturated rings. The van der Waals surface area contributed by atoms with Crippen LogP contribution < -0.4 is 10.0 Å². The lowest BCUT2D eigenvalue weighted by atomic mass is 10.2. The number of nitrogens with one attached hydrogen (secondary N) is 2. The number of aryl methyl sites for hydroxylation is 1. The molecular formula is C13H15BrN2O2S2. The van der Waals surface area contributed by atoms with Crippen LogP contribution >= 0.6 is 27.3 Å². The van der Waals surface area contributed by atoms with Gasteiger partial charge in [-0.15, -0.1) is 11.3 Å². The maximum absolute atomic E-state index is 12.4. The zero-order chi connectivity index (χ0) is 14.8. The van der Waals surface area contributed by atoms with E-state index in [4.69, 9.17) is 0 Å². The molecule has 0 saturated carbocycles. The summed E-state index contributed by atoms with van der Waals surface area (Å²) < 4.78 is 27.9. The lowest BCUT2D eigenvalue weighted by Crippen LogP contribution is -2.12. The van der Waals surface area contributed by atoms with Crippen LogP contribution in [0.4, 0.5) is 5.69 Å². The lowest BCUT2D eigenvalue weighted by Gasteiger charge is -2.07. The molecule has 0 aliphatic heterocycles. The zero-order valence-corrected chi connectivity index (χ0v) is 14.3. The van der Waals surface area contributed by atoms with Gasteiger partial charge in [-0.05, 0) is 48.1 Å². The second kappa shape index (κ2) is 6.26. The Morgan fingerprint density at radius 2 is 1.90 bits per heavy atom. The van der Waals surface area contributed by atoms with Crippen molar-refractivity contribution in [2.45, 2.75) is 18.4 Å². The highest BCUT2D eigenvalue weighted by Gasteiger charge is 2.20. The summed E-state index contributed by atoms with van der Waals surface area (Å²) >= 11 is 4.73. The van der Waals surface area contributed by atoms with Gasteiger partial charge in [0.15, 0.2) is 0 Å². The summed E-state index contributed by atoms with van der Waals surface area (Å²) in [5, 5.41) is 3.01. The number of sulfonamides is 1. The molecule has 2 rings (SSSR count). The molecule has 0 saturated heterocycles. The van der Waals surface area contributed by atoms with E-state index < -0.39 is 10.0 Å². The van der Waals surface area contributed by atoms with Crippen molar-refractivity contribution in [3.8, 4) is 0 Å². The lowest BCUT2D eigenvalue weighted by molar-refractivity contribution is 0.601. The number of halogens is 1. The van der Waals surface area contributed by atoms with Gasteiger partial charge in [0.2, 0.25) is 0 Å². The Hall–Kier alpha value is -0.890. The molecule has 1 aromatic carbocycles. The molecular weight excluding hydrogens is 360 g/mol. The highest BCUT2D eigenvalue weighted by atomic mass is 79.9. The Morgan fingerprint density at radius 1 is 1.25 bits per heavy atom. The Labute approximate surface area is 131 Å². The molecule has 1 aromatic heterocycles. The van der Waals surface area contributed by atoms with E-state index in [2.05, 4.69) is 26.0 Å². The summed E-state index contributed by atoms with van der Waals surface area (Å²) in [6.45, 7) is 2.60. The third kappa shape index (κ3) is 3.60. The van der Waals surface area contributed by atoms with E-state index in [1.165, 1.54) is 11.3 Å². The average molecular weight is 375 g/mol. The SMILES string of the molecule is CNCc1cc(S(=O)(=O)Nc2ccc(C)cc2)c(Br)s1. The van der Waals surface area contributed by atoms with Gasteiger partial charge < -0.3 is 5.32 Å². The molecule has 20 heavy (non-hydrogen) atoms. The molecule has 1 heterocycles. The van der Waals surface area contributed by atoms with Crippen LogP contribution in [0.3, 0.4) is 0 Å². The van der Waals surface area contributed by atoms with Crippen LogP contribution in [-0.2, 0) is 16.6 Å². The van der Waals surface area contributed by atoms with Gasteiger partial charge in [-0.3, -0.25) is 4.72 Å². The van der Waals surface area contributed by atoms with E-state index in [1.807, 2.05) is 26.1 Å². The van der Waals surface area contributed by atoms with Crippen molar-refractivity contribution in [3.63, 3.8) is 0 Å². The monoisotopic (exact) mass is 374 g/mol. The molecule has 0 radical (unpaired) electrons. The molecule has 0 unspecified atom stereocenters. The van der Waals surface area contributed by atoms with Gasteiger partial charge in [-0.2, -0.15) is 0 Å². The van der Waals surface area contributed by atoms with Crippen molar-refractivity contribution >= 4 is 43.0 Å². The normalized spacial score (nSPS) is 11.6. The van der Waals surface area contributed by atoms with Gasteiger partial charge in [-0.1, -0.05) is 17.7 Å². The third-order valence-electron chi connectivity index (χ3n) is 2.65. The first-order valence-corrected chi connectivity index (χ1v) is 9.04. The summed E-state index contributed by atoms with van der Waals surface area (Å²) in [5.41, 5.74) is 1.64. The van der Waals surface area contributed by atoms with Crippen LogP contribution in [0.1, 0.15) is 10.4 Å². The van der Waals surface area contributed by atoms with Crippen molar-refractivity contribution in [2.75, 3.05) is 11.8 Å². The van der Waals surface area contributed by atoms with Crippen LogP contribution in [0, 0.1) is 6.92 Å². The molecule has 0 spiro atoms. The van der Waals surface area contributed by atoms with E-state index in [0.29, 0.717) is 16.0 Å². The summed E-state index contributed by atoms with van der Waals surface area (Å²) in [6.07, 6.45) is 0. The number of rotatable bonds is 5. The Bertz CT molecular complexity index is 694. The molecule has 7 heteroatoms. The molecule has 4 nitrogen and oxygen atoms in total. The predicted molar refractivity (Wildman–Crippen MR) is 86.8 cm³/mol. The first-order chi connectivity index (χ1) is 9.42. The van der Waals surface area contributed by atoms with Gasteiger partial charge >= 0.3 is 0 Å². The molecule has 108 valence electrons. The molecule has 2 N–H and O–H groups in total. The van der Waals surface area contributed by atoms with E-state index in [0.717, 1.165) is 10.4 Å². The third-order valence-corrected chi connectivity index (χ3v) is 6.28. The number of thiophene rings is 1. The molecule has 2 aromatic rings. The van der Waals surface area contributed by atoms with Gasteiger partial charge in [0.05, 0.1) is 3.79 Å². The van der Waals surface area contributed by atoms with Crippen LogP contribution in [0.2, 0.25) is 0 Å². The van der Waals surface area contributed by atoms with E-state index in [1.54, 1.807) is 18.2 Å². The second-order valence-electron chi connectivity index (χ2n) is 4.35. The summed E-state index contributed by atoms with van der Waals surface area (Å²) in [4.78, 5) is 1.23. The van der Waals surface area contributed by atoms with E-state index in [9.17, 15) is 8.42 Å². The minimum Gasteiger partial charge on any atom is -0.315 e. The van der Waals surface area contributed by atoms with Crippen molar-refractivity contribution in [3.05, 3.63) is 44.6 Å². The minimum absolute atomic E-state index is 0.272. The zero-order valence-electron chi connectivity index (χ0n) is 11.1. The summed E-state index contributed by atoms with van der Waals surface area (Å²) in [7, 11) is -1.74. The molecule has 0 aliphatic carbocycles. The molecule has 0 amide bonds. The first kappa shape index (κ1) is 15.5. The van der Waals surface area contributed by atoms with Crippen molar-refractivity contribution in [2.24, 2.45) is 0 Å². The molecule has 0 atom stereocenters. The van der Waals surface area contributed by atoms with Crippen LogP contribution in [-0.4, -0.2) is 15.5 Å². The minimum atomic E-state index is -3.57. The number of benzene rings is 1. The fourth-order valence-electron chi connectivity index (χ4n) is 1.67. The largest absolute Gasteiger partial charge is 0.315 e. The average Bonchev–Trinajstić information content (AvgIpc) is 2.74. The standard InChI is InChI=1S/C13H15BrN2O2S2/c1-9-3-5-10(6-4-9)16-20(17,18)12-7-11(8-15-2)19-13(12)14/h3-7,15-16H,8H2,1-2H3. The maximum atomic E-state index is 12.4. The smallest absolute Gasteiger partial charge is 0.263 e. The number of hydrogen-bond donors (Lipinski definition) is 2. The molecule has 0 aliphatic rings. The topological polar surface area (TPSA) is 58.2 Å². The van der Waals surface area contributed by atoms with Crippen LogP contribution in [0.15, 0.2) is 39.0 Å². The Morgan fingerprint density at radius 3 is 2.50 bits per heavy atom. The fraction of sp³-hybridized carbons (Fsp3) is 0.231. The Kier molecular flexibility index (Phi) is 4.85.